The molecular weight excluding hydrogens is 268 g/mol. The van der Waals surface area contributed by atoms with E-state index in [2.05, 4.69) is 0 Å². The maximum Gasteiger partial charge on any atom is 0.270 e. The molecule has 0 saturated carbocycles. The first-order chi connectivity index (χ1) is 8.97. The molecular formula is C13H17ClN2O3. The van der Waals surface area contributed by atoms with E-state index in [9.17, 15) is 14.9 Å². The molecule has 0 bridgehead atoms. The van der Waals surface area contributed by atoms with Crippen molar-refractivity contribution in [2.75, 3.05) is 12.4 Å². The topological polar surface area (TPSA) is 63.5 Å². The Morgan fingerprint density at radius 1 is 1.47 bits per heavy atom. The summed E-state index contributed by atoms with van der Waals surface area (Å²) in [5.41, 5.74) is 0.254. The Morgan fingerprint density at radius 2 is 2.16 bits per heavy atom. The highest BCUT2D eigenvalue weighted by Crippen LogP contribution is 2.16. The number of nitro groups is 1. The van der Waals surface area contributed by atoms with Crippen LogP contribution in [0.1, 0.15) is 30.6 Å². The Balaban J connectivity index is 2.95. The molecule has 0 atom stereocenters. The lowest BCUT2D eigenvalue weighted by Crippen LogP contribution is -2.37. The van der Waals surface area contributed by atoms with Crippen molar-refractivity contribution in [3.05, 3.63) is 39.9 Å². The van der Waals surface area contributed by atoms with Crippen LogP contribution in [0.3, 0.4) is 0 Å². The second kappa shape index (κ2) is 7.09. The van der Waals surface area contributed by atoms with Crippen molar-refractivity contribution in [1.29, 1.82) is 0 Å². The molecule has 0 radical (unpaired) electrons. The molecule has 0 heterocycles. The number of halogens is 1. The van der Waals surface area contributed by atoms with Crippen LogP contribution in [0.4, 0.5) is 5.69 Å². The normalized spacial score (nSPS) is 10.5. The average molecular weight is 285 g/mol. The van der Waals surface area contributed by atoms with Crippen LogP contribution >= 0.6 is 11.6 Å². The van der Waals surface area contributed by atoms with Gasteiger partial charge >= 0.3 is 0 Å². The number of benzene rings is 1. The second-order valence-corrected chi connectivity index (χ2v) is 4.82. The van der Waals surface area contributed by atoms with E-state index in [1.807, 2.05) is 13.8 Å². The third-order valence-electron chi connectivity index (χ3n) is 2.72. The summed E-state index contributed by atoms with van der Waals surface area (Å²) in [5.74, 6) is 0.273. The zero-order valence-electron chi connectivity index (χ0n) is 11.0. The molecule has 1 aromatic carbocycles. The maximum atomic E-state index is 12.3. The maximum absolute atomic E-state index is 12.3. The van der Waals surface area contributed by atoms with Crippen LogP contribution in [0.2, 0.25) is 0 Å². The number of nitrogens with zero attached hydrogens (tertiary/aromatic N) is 2. The molecule has 0 fully saturated rings. The minimum Gasteiger partial charge on any atom is -0.336 e. The quantitative estimate of drug-likeness (QED) is 0.458. The van der Waals surface area contributed by atoms with Gasteiger partial charge in [-0.1, -0.05) is 6.07 Å². The number of carbonyl (C=O) groups excluding carboxylic acids is 1. The van der Waals surface area contributed by atoms with Crippen LogP contribution in [-0.4, -0.2) is 34.2 Å². The summed E-state index contributed by atoms with van der Waals surface area (Å²) >= 11 is 5.64. The van der Waals surface area contributed by atoms with Crippen LogP contribution in [0, 0.1) is 10.1 Å². The van der Waals surface area contributed by atoms with Gasteiger partial charge in [0.25, 0.3) is 11.6 Å². The smallest absolute Gasteiger partial charge is 0.270 e. The zero-order chi connectivity index (χ0) is 14.4. The lowest BCUT2D eigenvalue weighted by molar-refractivity contribution is -0.384. The highest BCUT2D eigenvalue weighted by Gasteiger charge is 2.20. The van der Waals surface area contributed by atoms with Crippen LogP contribution in [0.15, 0.2) is 24.3 Å². The second-order valence-electron chi connectivity index (χ2n) is 4.44. The molecule has 0 unspecified atom stereocenters. The molecule has 1 rings (SSSR count). The Bertz CT molecular complexity index is 463. The standard InChI is InChI=1S/C13H17ClN2O3/c1-10(2)15(8-4-7-14)13(17)11-5-3-6-12(9-11)16(18)19/h3,5-6,9-10H,4,7-8H2,1-2H3. The number of hydrogen-bond acceptors (Lipinski definition) is 3. The number of amides is 1. The third kappa shape index (κ3) is 4.21. The highest BCUT2D eigenvalue weighted by molar-refractivity contribution is 6.17. The van der Waals surface area contributed by atoms with Crippen molar-refractivity contribution in [3.63, 3.8) is 0 Å². The van der Waals surface area contributed by atoms with Crippen molar-refractivity contribution in [2.45, 2.75) is 26.3 Å². The van der Waals surface area contributed by atoms with Gasteiger partial charge in [-0.05, 0) is 26.3 Å². The van der Waals surface area contributed by atoms with Crippen molar-refractivity contribution in [2.24, 2.45) is 0 Å². The van der Waals surface area contributed by atoms with Gasteiger partial charge in [0.15, 0.2) is 0 Å². The fraction of sp³-hybridized carbons (Fsp3) is 0.462. The number of nitro benzene ring substituents is 1. The van der Waals surface area contributed by atoms with E-state index >= 15 is 0 Å². The van der Waals surface area contributed by atoms with E-state index in [1.165, 1.54) is 18.2 Å². The number of rotatable bonds is 6. The van der Waals surface area contributed by atoms with Crippen LogP contribution in [0.5, 0.6) is 0 Å². The lowest BCUT2D eigenvalue weighted by Gasteiger charge is -2.26. The summed E-state index contributed by atoms with van der Waals surface area (Å²) in [4.78, 5) is 24.2. The summed E-state index contributed by atoms with van der Waals surface area (Å²) in [7, 11) is 0. The number of carbonyl (C=O) groups is 1. The van der Waals surface area contributed by atoms with Crippen molar-refractivity contribution >= 4 is 23.2 Å². The fourth-order valence-corrected chi connectivity index (χ4v) is 1.86. The van der Waals surface area contributed by atoms with E-state index in [4.69, 9.17) is 11.6 Å². The lowest BCUT2D eigenvalue weighted by atomic mass is 10.1. The molecule has 5 nitrogen and oxygen atoms in total. The molecule has 0 saturated heterocycles. The van der Waals surface area contributed by atoms with Crippen molar-refractivity contribution in [3.8, 4) is 0 Å². The van der Waals surface area contributed by atoms with Crippen LogP contribution < -0.4 is 0 Å². The van der Waals surface area contributed by atoms with Gasteiger partial charge in [0, 0.05) is 36.2 Å². The summed E-state index contributed by atoms with van der Waals surface area (Å²) in [6.07, 6.45) is 0.695. The summed E-state index contributed by atoms with van der Waals surface area (Å²) in [5, 5.41) is 10.7. The monoisotopic (exact) mass is 284 g/mol. The van der Waals surface area contributed by atoms with Gasteiger partial charge in [-0.25, -0.2) is 0 Å². The van der Waals surface area contributed by atoms with Gasteiger partial charge in [-0.3, -0.25) is 14.9 Å². The summed E-state index contributed by atoms with van der Waals surface area (Å²) in [6.45, 7) is 4.36. The predicted octanol–water partition coefficient (Wildman–Crippen LogP) is 3.07. The SMILES string of the molecule is CC(C)N(CCCCl)C(=O)c1cccc([N+](=O)[O-])c1. The molecule has 0 aromatic heterocycles. The summed E-state index contributed by atoms with van der Waals surface area (Å²) < 4.78 is 0. The fourth-order valence-electron chi connectivity index (χ4n) is 1.74. The molecule has 19 heavy (non-hydrogen) atoms. The van der Waals surface area contributed by atoms with Gasteiger partial charge in [-0.2, -0.15) is 0 Å². The molecule has 1 aromatic rings. The van der Waals surface area contributed by atoms with Crippen LogP contribution in [0.25, 0.3) is 0 Å². The summed E-state index contributed by atoms with van der Waals surface area (Å²) in [6, 6.07) is 5.81. The van der Waals surface area contributed by atoms with Gasteiger partial charge in [-0.15, -0.1) is 11.6 Å². The predicted molar refractivity (Wildman–Crippen MR) is 74.6 cm³/mol. The number of alkyl halides is 1. The largest absolute Gasteiger partial charge is 0.336 e. The Kier molecular flexibility index (Phi) is 5.76. The first-order valence-corrected chi connectivity index (χ1v) is 6.62. The minimum absolute atomic E-state index is 0.0231. The molecule has 6 heteroatoms. The van der Waals surface area contributed by atoms with Crippen LogP contribution in [-0.2, 0) is 0 Å². The Labute approximate surface area is 117 Å². The van der Waals surface area contributed by atoms with Gasteiger partial charge < -0.3 is 4.90 Å². The minimum atomic E-state index is -0.505. The Morgan fingerprint density at radius 3 is 2.68 bits per heavy atom. The van der Waals surface area contributed by atoms with E-state index in [0.29, 0.717) is 24.4 Å². The van der Waals surface area contributed by atoms with Gasteiger partial charge in [0.05, 0.1) is 4.92 Å². The van der Waals surface area contributed by atoms with E-state index in [0.717, 1.165) is 0 Å². The molecule has 0 N–H and O–H groups in total. The molecule has 0 aliphatic heterocycles. The first kappa shape index (κ1) is 15.4. The molecule has 0 aliphatic rings. The first-order valence-electron chi connectivity index (χ1n) is 6.08. The molecule has 1 amide bonds. The van der Waals surface area contributed by atoms with E-state index in [1.54, 1.807) is 11.0 Å². The van der Waals surface area contributed by atoms with Gasteiger partial charge in [0.1, 0.15) is 0 Å². The van der Waals surface area contributed by atoms with E-state index < -0.39 is 4.92 Å². The molecule has 0 aliphatic carbocycles. The molecule has 0 spiro atoms. The third-order valence-corrected chi connectivity index (χ3v) is 2.99. The Hall–Kier alpha value is -1.62. The van der Waals surface area contributed by atoms with Crippen molar-refractivity contribution < 1.29 is 9.72 Å². The van der Waals surface area contributed by atoms with Crippen molar-refractivity contribution in [1.82, 2.24) is 4.90 Å². The van der Waals surface area contributed by atoms with Gasteiger partial charge in [0.2, 0.25) is 0 Å². The average Bonchev–Trinajstić information content (AvgIpc) is 2.38. The zero-order valence-corrected chi connectivity index (χ0v) is 11.8. The number of non-ortho nitro benzene ring substituents is 1. The highest BCUT2D eigenvalue weighted by atomic mass is 35.5. The molecule has 104 valence electrons. The number of hydrogen-bond donors (Lipinski definition) is 0. The van der Waals surface area contributed by atoms with E-state index in [-0.39, 0.29) is 17.6 Å².